The van der Waals surface area contributed by atoms with E-state index in [9.17, 15) is 9.59 Å². The van der Waals surface area contributed by atoms with Crippen LogP contribution in [0.15, 0.2) is 82.3 Å². The lowest BCUT2D eigenvalue weighted by atomic mass is 9.96. The fraction of sp³-hybridized carbons (Fsp3) is 0.0870. The number of halogens is 1. The molecule has 0 fully saturated rings. The van der Waals surface area contributed by atoms with E-state index in [1.165, 1.54) is 11.7 Å². The first-order valence-corrected chi connectivity index (χ1v) is 9.78. The van der Waals surface area contributed by atoms with Crippen LogP contribution in [0.2, 0.25) is 0 Å². The second-order valence-corrected chi connectivity index (χ2v) is 7.44. The van der Waals surface area contributed by atoms with Crippen molar-refractivity contribution in [3.05, 3.63) is 99.1 Å². The van der Waals surface area contributed by atoms with Gasteiger partial charge in [-0.1, -0.05) is 52.3 Å². The van der Waals surface area contributed by atoms with Crippen molar-refractivity contribution in [2.45, 2.75) is 6.54 Å². The van der Waals surface area contributed by atoms with E-state index in [4.69, 9.17) is 4.74 Å². The van der Waals surface area contributed by atoms with Gasteiger partial charge >= 0.3 is 5.97 Å². The minimum Gasteiger partial charge on any atom is -0.464 e. The van der Waals surface area contributed by atoms with Crippen molar-refractivity contribution in [3.8, 4) is 11.1 Å². The van der Waals surface area contributed by atoms with Crippen LogP contribution < -0.4 is 5.56 Å². The fourth-order valence-corrected chi connectivity index (χ4v) is 3.81. The molecule has 5 nitrogen and oxygen atoms in total. The van der Waals surface area contributed by atoms with Crippen molar-refractivity contribution in [1.29, 1.82) is 0 Å². The minimum atomic E-state index is -0.563. The number of hydrogen-bond donors (Lipinski definition) is 0. The molecule has 0 unspecified atom stereocenters. The zero-order chi connectivity index (χ0) is 20.4. The number of rotatable bonds is 4. The SMILES string of the molecule is COC(=O)c1c(-c2ccccc2)c2cc(Br)ccc2c(=O)n1Cc1cccnc1. The first-order chi connectivity index (χ1) is 14.1. The molecule has 0 radical (unpaired) electrons. The van der Waals surface area contributed by atoms with Crippen molar-refractivity contribution >= 4 is 32.7 Å². The van der Waals surface area contributed by atoms with E-state index in [1.54, 1.807) is 24.5 Å². The summed E-state index contributed by atoms with van der Waals surface area (Å²) in [5, 5.41) is 1.22. The molecular formula is C23H17BrN2O3. The van der Waals surface area contributed by atoms with E-state index >= 15 is 0 Å². The molecule has 0 aliphatic heterocycles. The summed E-state index contributed by atoms with van der Waals surface area (Å²) in [6, 6.07) is 18.7. The van der Waals surface area contributed by atoms with Crippen LogP contribution in [0.3, 0.4) is 0 Å². The zero-order valence-corrected chi connectivity index (χ0v) is 17.2. The lowest BCUT2D eigenvalue weighted by Gasteiger charge is -2.19. The summed E-state index contributed by atoms with van der Waals surface area (Å²) in [6.07, 6.45) is 3.35. The topological polar surface area (TPSA) is 61.2 Å². The van der Waals surface area contributed by atoms with Crippen molar-refractivity contribution in [1.82, 2.24) is 9.55 Å². The number of methoxy groups -OCH3 is 1. The average Bonchev–Trinajstić information content (AvgIpc) is 2.76. The predicted molar refractivity (Wildman–Crippen MR) is 116 cm³/mol. The summed E-state index contributed by atoms with van der Waals surface area (Å²) >= 11 is 3.48. The summed E-state index contributed by atoms with van der Waals surface area (Å²) < 4.78 is 7.38. The highest BCUT2D eigenvalue weighted by Gasteiger charge is 2.24. The fourth-order valence-electron chi connectivity index (χ4n) is 3.45. The number of esters is 1. The molecular weight excluding hydrogens is 432 g/mol. The van der Waals surface area contributed by atoms with E-state index in [1.807, 2.05) is 48.5 Å². The van der Waals surface area contributed by atoms with Gasteiger partial charge in [-0.25, -0.2) is 4.79 Å². The molecule has 2 heterocycles. The third-order valence-electron chi connectivity index (χ3n) is 4.74. The molecule has 4 rings (SSSR count). The van der Waals surface area contributed by atoms with Crippen LogP contribution >= 0.6 is 15.9 Å². The summed E-state index contributed by atoms with van der Waals surface area (Å²) in [4.78, 5) is 30.4. The van der Waals surface area contributed by atoms with Crippen molar-refractivity contribution < 1.29 is 9.53 Å². The largest absolute Gasteiger partial charge is 0.464 e. The maximum atomic E-state index is 13.4. The van der Waals surface area contributed by atoms with Crippen LogP contribution in [0.25, 0.3) is 21.9 Å². The van der Waals surface area contributed by atoms with Crippen molar-refractivity contribution in [2.24, 2.45) is 0 Å². The smallest absolute Gasteiger partial charge is 0.355 e. The Morgan fingerprint density at radius 3 is 2.55 bits per heavy atom. The summed E-state index contributed by atoms with van der Waals surface area (Å²) in [5.74, 6) is -0.563. The monoisotopic (exact) mass is 448 g/mol. The minimum absolute atomic E-state index is 0.211. The normalized spacial score (nSPS) is 10.8. The van der Waals surface area contributed by atoms with Crippen LogP contribution in [-0.4, -0.2) is 22.6 Å². The van der Waals surface area contributed by atoms with Gasteiger partial charge in [-0.2, -0.15) is 0 Å². The Bertz CT molecular complexity index is 1250. The third-order valence-corrected chi connectivity index (χ3v) is 5.23. The Labute approximate surface area is 175 Å². The van der Waals surface area contributed by atoms with Gasteiger partial charge < -0.3 is 4.74 Å². The number of aromatic nitrogens is 2. The molecule has 2 aromatic heterocycles. The van der Waals surface area contributed by atoms with Crippen molar-refractivity contribution in [2.75, 3.05) is 7.11 Å². The highest BCUT2D eigenvalue weighted by molar-refractivity contribution is 9.10. The molecule has 0 spiro atoms. The average molecular weight is 449 g/mol. The second-order valence-electron chi connectivity index (χ2n) is 6.52. The maximum absolute atomic E-state index is 13.4. The van der Waals surface area contributed by atoms with E-state index in [2.05, 4.69) is 20.9 Å². The molecule has 0 atom stereocenters. The molecule has 2 aromatic carbocycles. The lowest BCUT2D eigenvalue weighted by molar-refractivity contribution is 0.0588. The van der Waals surface area contributed by atoms with Crippen LogP contribution in [-0.2, 0) is 11.3 Å². The summed E-state index contributed by atoms with van der Waals surface area (Å²) in [6.45, 7) is 0.211. The predicted octanol–water partition coefficient (Wildman–Crippen LogP) is 4.66. The van der Waals surface area contributed by atoms with Gasteiger partial charge in [-0.3, -0.25) is 14.3 Å². The number of nitrogens with zero attached hydrogens (tertiary/aromatic N) is 2. The Morgan fingerprint density at radius 1 is 1.07 bits per heavy atom. The van der Waals surface area contributed by atoms with Crippen molar-refractivity contribution in [3.63, 3.8) is 0 Å². The number of ether oxygens (including phenoxy) is 1. The van der Waals surface area contributed by atoms with E-state index in [0.29, 0.717) is 16.3 Å². The van der Waals surface area contributed by atoms with Gasteiger partial charge in [0.15, 0.2) is 0 Å². The number of fused-ring (bicyclic) bond motifs is 1. The first kappa shape index (κ1) is 19.1. The number of carbonyl (C=O) groups is 1. The van der Waals surface area contributed by atoms with Gasteiger partial charge in [0, 0.05) is 27.8 Å². The molecule has 0 bridgehead atoms. The summed E-state index contributed by atoms with van der Waals surface area (Å²) in [7, 11) is 1.32. The Hall–Kier alpha value is -3.25. The highest BCUT2D eigenvalue weighted by atomic mass is 79.9. The van der Waals surface area contributed by atoms with Crippen LogP contribution in [0.5, 0.6) is 0 Å². The third kappa shape index (κ3) is 3.59. The molecule has 4 aromatic rings. The van der Waals surface area contributed by atoms with E-state index in [-0.39, 0.29) is 17.8 Å². The van der Waals surface area contributed by atoms with Crippen LogP contribution in [0.4, 0.5) is 0 Å². The lowest BCUT2D eigenvalue weighted by Crippen LogP contribution is -2.28. The van der Waals surface area contributed by atoms with Gasteiger partial charge in [-0.05, 0) is 40.8 Å². The molecule has 0 N–H and O–H groups in total. The molecule has 0 aliphatic carbocycles. The molecule has 29 heavy (non-hydrogen) atoms. The van der Waals surface area contributed by atoms with Gasteiger partial charge in [0.2, 0.25) is 0 Å². The molecule has 6 heteroatoms. The highest BCUT2D eigenvalue weighted by Crippen LogP contribution is 2.33. The summed E-state index contributed by atoms with van der Waals surface area (Å²) in [5.41, 5.74) is 2.28. The second kappa shape index (κ2) is 8.01. The Kier molecular flexibility index (Phi) is 5.27. The zero-order valence-electron chi connectivity index (χ0n) is 15.6. The number of benzene rings is 2. The van der Waals surface area contributed by atoms with E-state index in [0.717, 1.165) is 15.6 Å². The van der Waals surface area contributed by atoms with Crippen LogP contribution in [0.1, 0.15) is 16.1 Å². The quantitative estimate of drug-likeness (QED) is 0.426. The Balaban J connectivity index is 2.14. The molecule has 0 saturated heterocycles. The van der Waals surface area contributed by atoms with Crippen LogP contribution in [0, 0.1) is 0 Å². The number of carbonyl (C=O) groups excluding carboxylic acids is 1. The number of hydrogen-bond acceptors (Lipinski definition) is 4. The van der Waals surface area contributed by atoms with E-state index < -0.39 is 5.97 Å². The standard InChI is InChI=1S/C23H17BrN2O3/c1-29-23(28)21-20(16-7-3-2-4-8-16)19-12-17(24)9-10-18(19)22(27)26(21)14-15-6-5-11-25-13-15/h2-13H,14H2,1H3. The molecule has 0 amide bonds. The molecule has 0 aliphatic rings. The van der Waals surface area contributed by atoms with Gasteiger partial charge in [0.1, 0.15) is 5.69 Å². The molecule has 0 saturated carbocycles. The molecule has 144 valence electrons. The number of pyridine rings is 2. The first-order valence-electron chi connectivity index (χ1n) is 8.99. The maximum Gasteiger partial charge on any atom is 0.355 e. The van der Waals surface area contributed by atoms with Gasteiger partial charge in [-0.15, -0.1) is 0 Å². The van der Waals surface area contributed by atoms with Gasteiger partial charge in [0.25, 0.3) is 5.56 Å². The Morgan fingerprint density at radius 2 is 1.86 bits per heavy atom. The van der Waals surface area contributed by atoms with Gasteiger partial charge in [0.05, 0.1) is 13.7 Å².